The van der Waals surface area contributed by atoms with Gasteiger partial charge in [-0.2, -0.15) is 0 Å². The Labute approximate surface area is 141 Å². The molecule has 5 heteroatoms. The van der Waals surface area contributed by atoms with Gasteiger partial charge in [0.25, 0.3) is 0 Å². The largest absolute Gasteiger partial charge is 0.468 e. The predicted octanol–water partition coefficient (Wildman–Crippen LogP) is 3.33. The molecule has 1 saturated heterocycles. The fourth-order valence-electron chi connectivity index (χ4n) is 2.87. The van der Waals surface area contributed by atoms with Gasteiger partial charge in [0.1, 0.15) is 5.76 Å². The highest BCUT2D eigenvalue weighted by Crippen LogP contribution is 2.25. The number of nitrogens with zero attached hydrogens (tertiary/aromatic N) is 1. The minimum absolute atomic E-state index is 0.0645. The molecule has 1 amide bonds. The van der Waals surface area contributed by atoms with E-state index in [4.69, 9.17) is 4.42 Å². The number of hydrogen-bond acceptors (Lipinski definition) is 4. The molecule has 23 heavy (non-hydrogen) atoms. The Morgan fingerprint density at radius 3 is 2.65 bits per heavy atom. The molecule has 1 aromatic carbocycles. The average Bonchev–Trinajstić information content (AvgIpc) is 3.28. The van der Waals surface area contributed by atoms with Crippen molar-refractivity contribution in [2.75, 3.05) is 25.4 Å². The van der Waals surface area contributed by atoms with Crippen LogP contribution in [0.15, 0.2) is 58.0 Å². The Morgan fingerprint density at radius 2 is 1.96 bits per heavy atom. The summed E-state index contributed by atoms with van der Waals surface area (Å²) in [4.78, 5) is 15.6. The lowest BCUT2D eigenvalue weighted by atomic mass is 10.2. The van der Waals surface area contributed by atoms with E-state index in [0.717, 1.165) is 23.7 Å². The first-order valence-electron chi connectivity index (χ1n) is 8.05. The molecule has 2 heterocycles. The lowest BCUT2D eigenvalue weighted by molar-refractivity contribution is -0.118. The SMILES string of the molecule is O=C(CSc1ccccc1)NC[C@H](c1ccco1)N1CCCC1. The zero-order chi connectivity index (χ0) is 15.9. The van der Waals surface area contributed by atoms with Crippen LogP contribution < -0.4 is 5.32 Å². The molecule has 0 spiro atoms. The van der Waals surface area contributed by atoms with Gasteiger partial charge in [0.2, 0.25) is 5.91 Å². The maximum Gasteiger partial charge on any atom is 0.230 e. The van der Waals surface area contributed by atoms with E-state index < -0.39 is 0 Å². The monoisotopic (exact) mass is 330 g/mol. The van der Waals surface area contributed by atoms with Crippen LogP contribution in [0.3, 0.4) is 0 Å². The minimum atomic E-state index is 0.0645. The Bertz CT molecular complexity index is 595. The average molecular weight is 330 g/mol. The Hall–Kier alpha value is -1.72. The Morgan fingerprint density at radius 1 is 1.17 bits per heavy atom. The van der Waals surface area contributed by atoms with Crippen LogP contribution in [0.1, 0.15) is 24.6 Å². The zero-order valence-corrected chi connectivity index (χ0v) is 13.9. The maximum atomic E-state index is 12.1. The smallest absolute Gasteiger partial charge is 0.230 e. The van der Waals surface area contributed by atoms with Gasteiger partial charge in [0, 0.05) is 11.4 Å². The number of carbonyl (C=O) groups is 1. The predicted molar refractivity (Wildman–Crippen MR) is 92.4 cm³/mol. The molecule has 0 unspecified atom stereocenters. The number of hydrogen-bond donors (Lipinski definition) is 1. The van der Waals surface area contributed by atoms with Crippen molar-refractivity contribution in [1.29, 1.82) is 0 Å². The molecule has 122 valence electrons. The van der Waals surface area contributed by atoms with Gasteiger partial charge < -0.3 is 9.73 Å². The Kier molecular flexibility index (Phi) is 5.77. The summed E-state index contributed by atoms with van der Waals surface area (Å²) in [7, 11) is 0. The number of thioether (sulfide) groups is 1. The van der Waals surface area contributed by atoms with Crippen LogP contribution in [-0.4, -0.2) is 36.2 Å². The molecule has 0 bridgehead atoms. The second-order valence-electron chi connectivity index (χ2n) is 5.68. The third-order valence-electron chi connectivity index (χ3n) is 4.06. The molecule has 3 rings (SSSR count). The molecule has 4 nitrogen and oxygen atoms in total. The first-order chi connectivity index (χ1) is 11.3. The van der Waals surface area contributed by atoms with Crippen molar-refractivity contribution < 1.29 is 9.21 Å². The van der Waals surface area contributed by atoms with Gasteiger partial charge in [-0.15, -0.1) is 11.8 Å². The van der Waals surface area contributed by atoms with E-state index in [1.165, 1.54) is 12.8 Å². The Balaban J connectivity index is 1.51. The van der Waals surface area contributed by atoms with Crippen LogP contribution >= 0.6 is 11.8 Å². The summed E-state index contributed by atoms with van der Waals surface area (Å²) in [6.45, 7) is 2.74. The summed E-state index contributed by atoms with van der Waals surface area (Å²) in [5.41, 5.74) is 0. The van der Waals surface area contributed by atoms with Crippen molar-refractivity contribution in [3.63, 3.8) is 0 Å². The molecule has 2 aromatic rings. The summed E-state index contributed by atoms with van der Waals surface area (Å²) in [5, 5.41) is 3.06. The van der Waals surface area contributed by atoms with Gasteiger partial charge in [0.05, 0.1) is 18.1 Å². The number of benzene rings is 1. The molecule has 1 aliphatic rings. The van der Waals surface area contributed by atoms with Gasteiger partial charge in [-0.1, -0.05) is 18.2 Å². The van der Waals surface area contributed by atoms with Crippen molar-refractivity contribution in [2.24, 2.45) is 0 Å². The third-order valence-corrected chi connectivity index (χ3v) is 5.07. The highest BCUT2D eigenvalue weighted by atomic mass is 32.2. The van der Waals surface area contributed by atoms with Crippen molar-refractivity contribution in [3.8, 4) is 0 Å². The molecule has 0 aliphatic carbocycles. The molecule has 1 aliphatic heterocycles. The van der Waals surface area contributed by atoms with E-state index in [9.17, 15) is 4.79 Å². The molecule has 0 saturated carbocycles. The number of nitrogens with one attached hydrogen (secondary N) is 1. The fourth-order valence-corrected chi connectivity index (χ4v) is 3.62. The van der Waals surface area contributed by atoms with E-state index >= 15 is 0 Å². The van der Waals surface area contributed by atoms with E-state index in [-0.39, 0.29) is 11.9 Å². The van der Waals surface area contributed by atoms with Crippen LogP contribution in [0.4, 0.5) is 0 Å². The van der Waals surface area contributed by atoms with Crippen LogP contribution in [0.5, 0.6) is 0 Å². The minimum Gasteiger partial charge on any atom is -0.468 e. The topological polar surface area (TPSA) is 45.5 Å². The molecule has 1 atom stereocenters. The zero-order valence-electron chi connectivity index (χ0n) is 13.1. The van der Waals surface area contributed by atoms with Crippen molar-refractivity contribution in [3.05, 3.63) is 54.5 Å². The van der Waals surface area contributed by atoms with Gasteiger partial charge in [0.15, 0.2) is 0 Å². The molecular weight excluding hydrogens is 308 g/mol. The molecular formula is C18H22N2O2S. The first-order valence-corrected chi connectivity index (χ1v) is 9.03. The third kappa shape index (κ3) is 4.62. The highest BCUT2D eigenvalue weighted by Gasteiger charge is 2.25. The fraction of sp³-hybridized carbons (Fsp3) is 0.389. The van der Waals surface area contributed by atoms with Gasteiger partial charge in [-0.05, 0) is 50.2 Å². The quantitative estimate of drug-likeness (QED) is 0.791. The summed E-state index contributed by atoms with van der Waals surface area (Å²) >= 11 is 1.56. The van der Waals surface area contributed by atoms with Crippen LogP contribution in [0.2, 0.25) is 0 Å². The van der Waals surface area contributed by atoms with Crippen molar-refractivity contribution in [1.82, 2.24) is 10.2 Å². The first kappa shape index (κ1) is 16.1. The van der Waals surface area contributed by atoms with Crippen LogP contribution in [0.25, 0.3) is 0 Å². The summed E-state index contributed by atoms with van der Waals surface area (Å²) < 4.78 is 5.57. The van der Waals surface area contributed by atoms with Gasteiger partial charge >= 0.3 is 0 Å². The maximum absolute atomic E-state index is 12.1. The second kappa shape index (κ2) is 8.22. The lowest BCUT2D eigenvalue weighted by Crippen LogP contribution is -2.37. The van der Waals surface area contributed by atoms with Crippen LogP contribution in [-0.2, 0) is 4.79 Å². The van der Waals surface area contributed by atoms with Crippen molar-refractivity contribution in [2.45, 2.75) is 23.8 Å². The lowest BCUT2D eigenvalue weighted by Gasteiger charge is -2.25. The number of likely N-dealkylation sites (tertiary alicyclic amines) is 1. The molecule has 0 radical (unpaired) electrons. The highest BCUT2D eigenvalue weighted by molar-refractivity contribution is 8.00. The standard InChI is InChI=1S/C18H22N2O2S/c21-18(14-23-15-7-2-1-3-8-15)19-13-16(17-9-6-12-22-17)20-10-4-5-11-20/h1-3,6-9,12,16H,4-5,10-11,13-14H2,(H,19,21)/t16-/m1/s1. The molecule has 1 N–H and O–H groups in total. The molecule has 1 fully saturated rings. The van der Waals surface area contributed by atoms with E-state index in [1.807, 2.05) is 42.5 Å². The summed E-state index contributed by atoms with van der Waals surface area (Å²) in [5.74, 6) is 1.44. The van der Waals surface area contributed by atoms with Gasteiger partial charge in [-0.25, -0.2) is 0 Å². The summed E-state index contributed by atoms with van der Waals surface area (Å²) in [6.07, 6.45) is 4.13. The number of carbonyl (C=O) groups excluding carboxylic acids is 1. The van der Waals surface area contributed by atoms with Gasteiger partial charge in [-0.3, -0.25) is 9.69 Å². The van der Waals surface area contributed by atoms with Crippen LogP contribution in [0, 0.1) is 0 Å². The normalized spacial score (nSPS) is 16.3. The van der Waals surface area contributed by atoms with E-state index in [2.05, 4.69) is 10.2 Å². The molecule has 1 aromatic heterocycles. The van der Waals surface area contributed by atoms with E-state index in [0.29, 0.717) is 12.3 Å². The number of rotatable bonds is 7. The van der Waals surface area contributed by atoms with Crippen molar-refractivity contribution >= 4 is 17.7 Å². The second-order valence-corrected chi connectivity index (χ2v) is 6.73. The summed E-state index contributed by atoms with van der Waals surface area (Å²) in [6, 6.07) is 14.0. The number of furan rings is 1. The van der Waals surface area contributed by atoms with E-state index in [1.54, 1.807) is 18.0 Å². The number of amides is 1.